The highest BCUT2D eigenvalue weighted by atomic mass is 35.5. The molecule has 0 saturated heterocycles. The van der Waals surface area contributed by atoms with Crippen molar-refractivity contribution in [2.24, 2.45) is 14.1 Å². The number of ether oxygens (including phenoxy) is 1. The number of nitrogen functional groups attached to an aromatic ring is 1. The molecule has 7 nitrogen and oxygen atoms in total. The van der Waals surface area contributed by atoms with Crippen LogP contribution in [0.1, 0.15) is 0 Å². The molecule has 27 heavy (non-hydrogen) atoms. The molecule has 0 aliphatic carbocycles. The zero-order valence-corrected chi connectivity index (χ0v) is 15.4. The molecule has 0 fully saturated rings. The van der Waals surface area contributed by atoms with Crippen LogP contribution in [0.3, 0.4) is 0 Å². The highest BCUT2D eigenvalue weighted by molar-refractivity contribution is 6.30. The van der Waals surface area contributed by atoms with Crippen molar-refractivity contribution in [3.8, 4) is 22.8 Å². The third-order valence-corrected chi connectivity index (χ3v) is 4.39. The van der Waals surface area contributed by atoms with Gasteiger partial charge in [-0.25, -0.2) is 4.98 Å². The van der Waals surface area contributed by atoms with Crippen LogP contribution in [0, 0.1) is 0 Å². The number of nitrogens with zero attached hydrogens (tertiary/aromatic N) is 4. The van der Waals surface area contributed by atoms with Gasteiger partial charge in [0.25, 0.3) is 5.56 Å². The minimum absolute atomic E-state index is 0.118. The van der Waals surface area contributed by atoms with Crippen molar-refractivity contribution >= 4 is 28.2 Å². The van der Waals surface area contributed by atoms with E-state index in [1.165, 1.54) is 10.8 Å². The van der Waals surface area contributed by atoms with E-state index in [4.69, 9.17) is 22.1 Å². The Kier molecular flexibility index (Phi) is 4.08. The molecule has 0 radical (unpaired) electrons. The second-order valence-electron chi connectivity index (χ2n) is 6.20. The van der Waals surface area contributed by atoms with Crippen LogP contribution in [0.4, 0.5) is 5.69 Å². The topological polar surface area (TPSA) is 88.0 Å². The summed E-state index contributed by atoms with van der Waals surface area (Å²) >= 11 is 5.88. The second kappa shape index (κ2) is 6.44. The van der Waals surface area contributed by atoms with Gasteiger partial charge in [-0.05, 0) is 24.3 Å². The number of hydrogen-bond acceptors (Lipinski definition) is 5. The van der Waals surface area contributed by atoms with Gasteiger partial charge in [0.15, 0.2) is 0 Å². The summed E-state index contributed by atoms with van der Waals surface area (Å²) in [4.78, 5) is 16.6. The molecular weight excluding hydrogens is 366 g/mol. The maximum atomic E-state index is 12.4. The minimum Gasteiger partial charge on any atom is -0.438 e. The van der Waals surface area contributed by atoms with Gasteiger partial charge in [0.2, 0.25) is 5.88 Å². The van der Waals surface area contributed by atoms with Gasteiger partial charge < -0.3 is 15.0 Å². The molecule has 0 saturated carbocycles. The first-order valence-corrected chi connectivity index (χ1v) is 8.52. The number of halogens is 1. The molecule has 2 N–H and O–H groups in total. The van der Waals surface area contributed by atoms with Crippen molar-refractivity contribution in [1.82, 2.24) is 19.3 Å². The van der Waals surface area contributed by atoms with Crippen molar-refractivity contribution in [1.29, 1.82) is 0 Å². The summed E-state index contributed by atoms with van der Waals surface area (Å²) in [6.45, 7) is 0. The predicted molar refractivity (Wildman–Crippen MR) is 105 cm³/mol. The Bertz CT molecular complexity index is 1210. The van der Waals surface area contributed by atoms with Crippen LogP contribution in [-0.4, -0.2) is 19.3 Å². The monoisotopic (exact) mass is 381 g/mol. The highest BCUT2D eigenvalue weighted by Gasteiger charge is 2.17. The van der Waals surface area contributed by atoms with Crippen LogP contribution >= 0.6 is 11.6 Å². The summed E-state index contributed by atoms with van der Waals surface area (Å²) in [7, 11) is 3.48. The molecule has 0 bridgehead atoms. The quantitative estimate of drug-likeness (QED) is 0.550. The van der Waals surface area contributed by atoms with Crippen LogP contribution < -0.4 is 16.0 Å². The number of aryl methyl sites for hydroxylation is 2. The Morgan fingerprint density at radius 1 is 1.11 bits per heavy atom. The molecule has 3 heterocycles. The lowest BCUT2D eigenvalue weighted by Gasteiger charge is -2.13. The molecule has 0 atom stereocenters. The van der Waals surface area contributed by atoms with E-state index in [1.54, 1.807) is 61.5 Å². The van der Waals surface area contributed by atoms with Crippen molar-refractivity contribution in [3.05, 3.63) is 64.3 Å². The Morgan fingerprint density at radius 3 is 2.67 bits per heavy atom. The van der Waals surface area contributed by atoms with Crippen LogP contribution in [0.2, 0.25) is 5.02 Å². The molecule has 0 spiro atoms. The average Bonchev–Trinajstić information content (AvgIpc) is 3.03. The van der Waals surface area contributed by atoms with Gasteiger partial charge in [0.1, 0.15) is 11.3 Å². The molecule has 4 rings (SSSR count). The minimum atomic E-state index is -0.118. The fourth-order valence-corrected chi connectivity index (χ4v) is 3.04. The third kappa shape index (κ3) is 3.13. The summed E-state index contributed by atoms with van der Waals surface area (Å²) < 4.78 is 9.09. The fourth-order valence-electron chi connectivity index (χ4n) is 2.93. The van der Waals surface area contributed by atoms with E-state index in [1.807, 2.05) is 0 Å². The van der Waals surface area contributed by atoms with Gasteiger partial charge in [-0.1, -0.05) is 11.6 Å². The van der Waals surface area contributed by atoms with Crippen molar-refractivity contribution < 1.29 is 4.74 Å². The van der Waals surface area contributed by atoms with Gasteiger partial charge in [0.05, 0.1) is 10.4 Å². The van der Waals surface area contributed by atoms with Gasteiger partial charge >= 0.3 is 0 Å². The number of benzene rings is 1. The number of rotatable bonds is 3. The number of fused-ring (bicyclic) bond motifs is 1. The van der Waals surface area contributed by atoms with Crippen LogP contribution in [0.15, 0.2) is 53.7 Å². The Labute approximate surface area is 159 Å². The zero-order valence-electron chi connectivity index (χ0n) is 14.7. The average molecular weight is 382 g/mol. The Hall–Kier alpha value is -3.32. The Balaban J connectivity index is 1.93. The lowest BCUT2D eigenvalue weighted by Crippen LogP contribution is -2.16. The molecule has 1 aromatic carbocycles. The van der Waals surface area contributed by atoms with Crippen LogP contribution in [-0.2, 0) is 14.1 Å². The van der Waals surface area contributed by atoms with Crippen molar-refractivity contribution in [2.45, 2.75) is 0 Å². The summed E-state index contributed by atoms with van der Waals surface area (Å²) in [5.74, 6) is 0.942. The lowest BCUT2D eigenvalue weighted by molar-refractivity contribution is 0.465. The summed E-state index contributed by atoms with van der Waals surface area (Å²) in [6.07, 6.45) is 4.94. The van der Waals surface area contributed by atoms with E-state index in [2.05, 4.69) is 10.1 Å². The summed E-state index contributed by atoms with van der Waals surface area (Å²) in [5, 5.41) is 5.50. The molecule has 3 aromatic heterocycles. The molecule has 0 unspecified atom stereocenters. The molecule has 8 heteroatoms. The number of anilines is 1. The maximum absolute atomic E-state index is 12.4. The smallest absolute Gasteiger partial charge is 0.261 e. The molecule has 0 aliphatic heterocycles. The Morgan fingerprint density at radius 2 is 1.93 bits per heavy atom. The summed E-state index contributed by atoms with van der Waals surface area (Å²) in [5.41, 5.74) is 8.50. The maximum Gasteiger partial charge on any atom is 0.261 e. The first kappa shape index (κ1) is 17.1. The van der Waals surface area contributed by atoms with Gasteiger partial charge in [-0.2, -0.15) is 5.10 Å². The normalized spacial score (nSPS) is 11.1. The second-order valence-corrected chi connectivity index (χ2v) is 6.63. The number of aromatic nitrogens is 4. The van der Waals surface area contributed by atoms with Gasteiger partial charge in [-0.15, -0.1) is 0 Å². The number of pyridine rings is 2. The van der Waals surface area contributed by atoms with E-state index in [-0.39, 0.29) is 5.56 Å². The standard InChI is InChI=1S/C19H16ClN5O2/c1-24-9-14(18-15(19(24)26)10-25(2)23-18)13-7-12(21)4-5-16(13)27-17-6-3-11(20)8-22-17/h3-10H,21H2,1-2H3. The van der Waals surface area contributed by atoms with Crippen molar-refractivity contribution in [2.75, 3.05) is 5.73 Å². The third-order valence-electron chi connectivity index (χ3n) is 4.17. The van der Waals surface area contributed by atoms with E-state index >= 15 is 0 Å². The van der Waals surface area contributed by atoms with Gasteiger partial charge in [0, 0.05) is 55.6 Å². The van der Waals surface area contributed by atoms with Gasteiger partial charge in [-0.3, -0.25) is 9.48 Å². The predicted octanol–water partition coefficient (Wildman–Crippen LogP) is 3.36. The van der Waals surface area contributed by atoms with E-state index in [0.717, 1.165) is 5.56 Å². The first-order valence-electron chi connectivity index (χ1n) is 8.14. The molecular formula is C19H16ClN5O2. The van der Waals surface area contributed by atoms with Crippen LogP contribution in [0.25, 0.3) is 22.0 Å². The SMILES string of the molecule is Cn1cc2c(=O)n(C)cc(-c3cc(N)ccc3Oc3ccc(Cl)cn3)c2n1. The summed E-state index contributed by atoms with van der Waals surface area (Å²) in [6, 6.07) is 8.68. The molecule has 4 aromatic rings. The largest absolute Gasteiger partial charge is 0.438 e. The zero-order chi connectivity index (χ0) is 19.1. The van der Waals surface area contributed by atoms with Crippen molar-refractivity contribution in [3.63, 3.8) is 0 Å². The number of hydrogen-bond donors (Lipinski definition) is 1. The first-order chi connectivity index (χ1) is 12.9. The molecule has 0 amide bonds. The number of nitrogens with two attached hydrogens (primary N) is 1. The van der Waals surface area contributed by atoms with Crippen LogP contribution in [0.5, 0.6) is 11.6 Å². The molecule has 0 aliphatic rings. The van der Waals surface area contributed by atoms with E-state index in [9.17, 15) is 4.79 Å². The fraction of sp³-hybridized carbons (Fsp3) is 0.105. The lowest BCUT2D eigenvalue weighted by atomic mass is 10.0. The van der Waals surface area contributed by atoms with E-state index in [0.29, 0.717) is 38.8 Å². The molecule has 136 valence electrons. The highest BCUT2D eigenvalue weighted by Crippen LogP contribution is 2.37. The van der Waals surface area contributed by atoms with E-state index < -0.39 is 0 Å².